The van der Waals surface area contributed by atoms with Crippen LogP contribution in [0.25, 0.3) is 0 Å². The molecule has 1 saturated carbocycles. The molecule has 1 heterocycles. The molecule has 23 heavy (non-hydrogen) atoms. The smallest absolute Gasteiger partial charge is 0.0879 e. The SMILES string of the molecule is CNC(=S)C1(c2cccnc2)CCCCC1Nc1ccccc1. The predicted octanol–water partition coefficient (Wildman–Crippen LogP) is 3.92. The maximum Gasteiger partial charge on any atom is 0.0879 e. The number of benzene rings is 1. The summed E-state index contributed by atoms with van der Waals surface area (Å²) in [7, 11) is 1.93. The first kappa shape index (κ1) is 15.9. The molecule has 2 unspecified atom stereocenters. The second kappa shape index (κ2) is 7.09. The largest absolute Gasteiger partial charge is 0.382 e. The molecule has 2 atom stereocenters. The van der Waals surface area contributed by atoms with Gasteiger partial charge in [-0.2, -0.15) is 0 Å². The standard InChI is InChI=1S/C19H23N3S/c1-20-18(23)19(15-8-7-13-21-14-15)12-6-5-11-17(19)22-16-9-3-2-4-10-16/h2-4,7-10,13-14,17,22H,5-6,11-12H2,1H3,(H,20,23). The van der Waals surface area contributed by atoms with E-state index in [0.29, 0.717) is 0 Å². The van der Waals surface area contributed by atoms with E-state index in [1.54, 1.807) is 0 Å². The summed E-state index contributed by atoms with van der Waals surface area (Å²) >= 11 is 5.78. The number of pyridine rings is 1. The minimum atomic E-state index is -0.202. The molecule has 0 amide bonds. The monoisotopic (exact) mass is 325 g/mol. The van der Waals surface area contributed by atoms with E-state index < -0.39 is 0 Å². The van der Waals surface area contributed by atoms with Crippen LogP contribution in [-0.2, 0) is 5.41 Å². The Hall–Kier alpha value is -1.94. The van der Waals surface area contributed by atoms with Gasteiger partial charge in [0.15, 0.2) is 0 Å². The zero-order valence-corrected chi connectivity index (χ0v) is 14.3. The third-order valence-corrected chi connectivity index (χ3v) is 5.40. The van der Waals surface area contributed by atoms with E-state index in [0.717, 1.165) is 23.5 Å². The van der Waals surface area contributed by atoms with Gasteiger partial charge in [-0.05, 0) is 36.6 Å². The summed E-state index contributed by atoms with van der Waals surface area (Å²) in [6.45, 7) is 0. The molecule has 0 bridgehead atoms. The quantitative estimate of drug-likeness (QED) is 0.836. The first-order valence-corrected chi connectivity index (χ1v) is 8.62. The molecule has 1 aromatic heterocycles. The van der Waals surface area contributed by atoms with Gasteiger partial charge in [0.05, 0.1) is 10.4 Å². The van der Waals surface area contributed by atoms with Crippen LogP contribution in [0.2, 0.25) is 0 Å². The van der Waals surface area contributed by atoms with E-state index in [1.807, 2.05) is 31.6 Å². The van der Waals surface area contributed by atoms with Gasteiger partial charge in [0.25, 0.3) is 0 Å². The molecule has 3 nitrogen and oxygen atoms in total. The number of aromatic nitrogens is 1. The van der Waals surface area contributed by atoms with Gasteiger partial charge in [-0.15, -0.1) is 0 Å². The van der Waals surface area contributed by atoms with Crippen LogP contribution >= 0.6 is 12.2 Å². The summed E-state index contributed by atoms with van der Waals surface area (Å²) < 4.78 is 0. The fourth-order valence-corrected chi connectivity index (χ4v) is 4.06. The molecule has 0 radical (unpaired) electrons. The maximum atomic E-state index is 5.78. The number of hydrogen-bond acceptors (Lipinski definition) is 3. The van der Waals surface area contributed by atoms with Gasteiger partial charge in [0.2, 0.25) is 0 Å². The van der Waals surface area contributed by atoms with Crippen LogP contribution in [0.1, 0.15) is 31.2 Å². The summed E-state index contributed by atoms with van der Waals surface area (Å²) in [4.78, 5) is 5.25. The highest BCUT2D eigenvalue weighted by Crippen LogP contribution is 2.41. The molecule has 1 aliphatic rings. The van der Waals surface area contributed by atoms with Crippen molar-refractivity contribution in [3.63, 3.8) is 0 Å². The lowest BCUT2D eigenvalue weighted by Gasteiger charge is -2.45. The van der Waals surface area contributed by atoms with Crippen molar-refractivity contribution in [2.45, 2.75) is 37.1 Å². The number of rotatable bonds is 4. The minimum Gasteiger partial charge on any atom is -0.382 e. The van der Waals surface area contributed by atoms with Crippen molar-refractivity contribution in [3.8, 4) is 0 Å². The summed E-state index contributed by atoms with van der Waals surface area (Å²) in [5.41, 5.74) is 2.14. The first-order chi connectivity index (χ1) is 11.3. The topological polar surface area (TPSA) is 37.0 Å². The van der Waals surface area contributed by atoms with Crippen LogP contribution in [0.3, 0.4) is 0 Å². The number of hydrogen-bond donors (Lipinski definition) is 2. The third kappa shape index (κ3) is 3.08. The molecule has 4 heteroatoms. The van der Waals surface area contributed by atoms with Gasteiger partial charge >= 0.3 is 0 Å². The van der Waals surface area contributed by atoms with Crippen molar-refractivity contribution < 1.29 is 0 Å². The summed E-state index contributed by atoms with van der Waals surface area (Å²) in [6.07, 6.45) is 8.34. The highest BCUT2D eigenvalue weighted by atomic mass is 32.1. The Kier molecular flexibility index (Phi) is 4.91. The Morgan fingerprint density at radius 2 is 2.00 bits per heavy atom. The van der Waals surface area contributed by atoms with Gasteiger partial charge in [-0.25, -0.2) is 0 Å². The van der Waals surface area contributed by atoms with E-state index in [1.165, 1.54) is 18.4 Å². The number of para-hydroxylation sites is 1. The lowest BCUT2D eigenvalue weighted by molar-refractivity contribution is 0.343. The fraction of sp³-hybridized carbons (Fsp3) is 0.368. The Morgan fingerprint density at radius 1 is 1.17 bits per heavy atom. The summed E-state index contributed by atoms with van der Waals surface area (Å²) in [5.74, 6) is 0. The molecule has 0 saturated heterocycles. The van der Waals surface area contributed by atoms with Crippen molar-refractivity contribution in [2.75, 3.05) is 12.4 Å². The van der Waals surface area contributed by atoms with E-state index in [-0.39, 0.29) is 11.5 Å². The molecule has 3 rings (SSSR count). The predicted molar refractivity (Wildman–Crippen MR) is 99.9 cm³/mol. The van der Waals surface area contributed by atoms with Crippen LogP contribution < -0.4 is 10.6 Å². The molecule has 120 valence electrons. The van der Waals surface area contributed by atoms with Gasteiger partial charge < -0.3 is 10.6 Å². The second-order valence-corrected chi connectivity index (χ2v) is 6.51. The summed E-state index contributed by atoms with van der Waals surface area (Å²) in [6, 6.07) is 14.8. The van der Waals surface area contributed by atoms with E-state index in [2.05, 4.69) is 45.9 Å². The lowest BCUT2D eigenvalue weighted by Crippen LogP contribution is -2.55. The molecule has 0 aliphatic heterocycles. The van der Waals surface area contributed by atoms with Crippen molar-refractivity contribution in [2.24, 2.45) is 0 Å². The zero-order valence-electron chi connectivity index (χ0n) is 13.5. The lowest BCUT2D eigenvalue weighted by atomic mass is 9.66. The number of thiocarbonyl (C=S) groups is 1. The van der Waals surface area contributed by atoms with Gasteiger partial charge in [0, 0.05) is 31.2 Å². The summed E-state index contributed by atoms with van der Waals surface area (Å²) in [5, 5.41) is 6.98. The van der Waals surface area contributed by atoms with E-state index in [4.69, 9.17) is 12.2 Å². The van der Waals surface area contributed by atoms with Gasteiger partial charge in [-0.1, -0.05) is 49.3 Å². The molecule has 1 aliphatic carbocycles. The van der Waals surface area contributed by atoms with Crippen molar-refractivity contribution in [3.05, 3.63) is 60.4 Å². The number of nitrogens with zero attached hydrogens (tertiary/aromatic N) is 1. The average Bonchev–Trinajstić information content (AvgIpc) is 2.63. The minimum absolute atomic E-state index is 0.202. The van der Waals surface area contributed by atoms with E-state index >= 15 is 0 Å². The molecular weight excluding hydrogens is 302 g/mol. The third-order valence-electron chi connectivity index (χ3n) is 4.83. The molecule has 2 aromatic rings. The number of nitrogens with one attached hydrogen (secondary N) is 2. The van der Waals surface area contributed by atoms with Crippen molar-refractivity contribution in [1.82, 2.24) is 10.3 Å². The first-order valence-electron chi connectivity index (χ1n) is 8.21. The van der Waals surface area contributed by atoms with Crippen molar-refractivity contribution in [1.29, 1.82) is 0 Å². The normalized spacial score (nSPS) is 24.0. The average molecular weight is 325 g/mol. The molecule has 1 aromatic carbocycles. The Balaban J connectivity index is 2.02. The number of anilines is 1. The molecule has 1 fully saturated rings. The number of likely N-dealkylation sites (N-methyl/N-ethyl adjacent to an activating group) is 1. The van der Waals surface area contributed by atoms with Crippen LogP contribution in [0.5, 0.6) is 0 Å². The van der Waals surface area contributed by atoms with Gasteiger partial charge in [0.1, 0.15) is 0 Å². The molecule has 2 N–H and O–H groups in total. The van der Waals surface area contributed by atoms with Gasteiger partial charge in [-0.3, -0.25) is 4.98 Å². The maximum absolute atomic E-state index is 5.78. The Morgan fingerprint density at radius 3 is 2.70 bits per heavy atom. The zero-order chi connectivity index (χ0) is 16.1. The highest BCUT2D eigenvalue weighted by Gasteiger charge is 2.45. The molecular formula is C19H23N3S. The van der Waals surface area contributed by atoms with Crippen LogP contribution in [0, 0.1) is 0 Å². The Bertz CT molecular complexity index is 644. The molecule has 0 spiro atoms. The Labute approximate surface area is 143 Å². The highest BCUT2D eigenvalue weighted by molar-refractivity contribution is 7.80. The van der Waals surface area contributed by atoms with Crippen LogP contribution in [0.4, 0.5) is 5.69 Å². The fourth-order valence-electron chi connectivity index (χ4n) is 3.70. The van der Waals surface area contributed by atoms with Crippen molar-refractivity contribution >= 4 is 22.9 Å². The second-order valence-electron chi connectivity index (χ2n) is 6.10. The van der Waals surface area contributed by atoms with E-state index in [9.17, 15) is 0 Å². The van der Waals surface area contributed by atoms with Crippen LogP contribution in [-0.4, -0.2) is 23.1 Å². The van der Waals surface area contributed by atoms with Crippen LogP contribution in [0.15, 0.2) is 54.9 Å².